The summed E-state index contributed by atoms with van der Waals surface area (Å²) < 4.78 is 7.21. The van der Waals surface area contributed by atoms with E-state index in [1.54, 1.807) is 0 Å². The molecule has 4 aliphatic rings. The van der Waals surface area contributed by atoms with Crippen molar-refractivity contribution >= 4 is 46.2 Å². The van der Waals surface area contributed by atoms with Crippen LogP contribution in [0.4, 0.5) is 28.4 Å². The maximum Gasteiger partial charge on any atom is 0.333 e. The van der Waals surface area contributed by atoms with Crippen molar-refractivity contribution in [1.82, 2.24) is 0 Å². The van der Waals surface area contributed by atoms with Crippen LogP contribution in [0.5, 0.6) is 11.5 Å². The van der Waals surface area contributed by atoms with Gasteiger partial charge >= 0.3 is 6.85 Å². The topological polar surface area (TPSA) is 15.7 Å². The molecular weight excluding hydrogens is 715 g/mol. The number of nitrogens with zero attached hydrogens (tertiary/aromatic N) is 2. The Balaban J connectivity index is 1.39. The lowest BCUT2D eigenvalue weighted by molar-refractivity contribution is 0.470. The first kappa shape index (κ1) is 38.0. The van der Waals surface area contributed by atoms with Crippen molar-refractivity contribution in [1.29, 1.82) is 0 Å². The molecule has 3 heterocycles. The van der Waals surface area contributed by atoms with Crippen LogP contribution in [0.15, 0.2) is 103 Å². The van der Waals surface area contributed by atoms with Crippen LogP contribution in [0, 0.1) is 0 Å². The predicted octanol–water partition coefficient (Wildman–Crippen LogP) is 14.0. The minimum Gasteiger partial charge on any atom is -0.453 e. The molecule has 0 amide bonds. The Morgan fingerprint density at radius 2 is 1.10 bits per heavy atom. The Labute approximate surface area is 353 Å². The second-order valence-corrected chi connectivity index (χ2v) is 22.4. The standard InChI is InChI=1S/C55H59BN2O/c1-51(2,3)32-19-23-36(24-20-32)57-43-28-33(52(4,5)6)21-25-41(43)56-49-44(57)31-38-37-17-15-16-18-40(37)55(13,14)48(38)47(49)39-27-35(54(10,11)12)30-46-50(39)58(56)42-26-22-34(53(7,8)9)29-45(42)59-46/h15-31H,1-14H3. The fraction of sp³-hybridized carbons (Fsp3) is 0.345. The molecule has 0 saturated carbocycles. The van der Waals surface area contributed by atoms with Crippen LogP contribution in [0.25, 0.3) is 22.3 Å². The number of anilines is 5. The van der Waals surface area contributed by atoms with Gasteiger partial charge in [0, 0.05) is 28.0 Å². The Morgan fingerprint density at radius 3 is 1.76 bits per heavy atom. The number of hydrogen-bond donors (Lipinski definition) is 0. The van der Waals surface area contributed by atoms with E-state index >= 15 is 0 Å². The van der Waals surface area contributed by atoms with E-state index in [1.807, 2.05) is 0 Å². The summed E-state index contributed by atoms with van der Waals surface area (Å²) >= 11 is 0. The first-order valence-corrected chi connectivity index (χ1v) is 21.7. The summed E-state index contributed by atoms with van der Waals surface area (Å²) in [5.74, 6) is 1.87. The van der Waals surface area contributed by atoms with Gasteiger partial charge in [-0.25, -0.2) is 0 Å². The van der Waals surface area contributed by atoms with E-state index in [-0.39, 0.29) is 33.9 Å². The average Bonchev–Trinajstić information content (AvgIpc) is 3.39. The van der Waals surface area contributed by atoms with E-state index < -0.39 is 0 Å². The van der Waals surface area contributed by atoms with Gasteiger partial charge in [-0.3, -0.25) is 0 Å². The molecule has 0 bridgehead atoms. The zero-order chi connectivity index (χ0) is 41.9. The second kappa shape index (κ2) is 12.0. The molecule has 3 aliphatic heterocycles. The third kappa shape index (κ3) is 5.47. The highest BCUT2D eigenvalue weighted by molar-refractivity contribution is 6.94. The normalized spacial score (nSPS) is 15.8. The highest BCUT2D eigenvalue weighted by Gasteiger charge is 2.52. The average molecular weight is 775 g/mol. The molecule has 3 nitrogen and oxygen atoms in total. The summed E-state index contributed by atoms with van der Waals surface area (Å²) in [6.45, 7) is 32.6. The minimum absolute atomic E-state index is 0.0241. The molecule has 0 N–H and O–H groups in total. The molecule has 0 radical (unpaired) electrons. The van der Waals surface area contributed by atoms with Gasteiger partial charge < -0.3 is 14.4 Å². The molecule has 59 heavy (non-hydrogen) atoms. The summed E-state index contributed by atoms with van der Waals surface area (Å²) in [6, 6.07) is 40.2. The molecule has 0 spiro atoms. The molecule has 298 valence electrons. The fourth-order valence-electron chi connectivity index (χ4n) is 10.4. The summed E-state index contributed by atoms with van der Waals surface area (Å²) in [7, 11) is 0. The zero-order valence-electron chi connectivity index (χ0n) is 37.7. The lowest BCUT2D eigenvalue weighted by Crippen LogP contribution is -2.62. The van der Waals surface area contributed by atoms with Crippen molar-refractivity contribution < 1.29 is 4.74 Å². The highest BCUT2D eigenvalue weighted by atomic mass is 16.5. The number of benzene rings is 6. The Hall–Kier alpha value is -5.22. The van der Waals surface area contributed by atoms with Gasteiger partial charge in [0.05, 0.1) is 11.4 Å². The molecule has 0 fully saturated rings. The smallest absolute Gasteiger partial charge is 0.333 e. The molecule has 0 aromatic heterocycles. The Morgan fingerprint density at radius 1 is 0.508 bits per heavy atom. The van der Waals surface area contributed by atoms with Gasteiger partial charge in [-0.15, -0.1) is 0 Å². The van der Waals surface area contributed by atoms with Gasteiger partial charge in [0.1, 0.15) is 5.75 Å². The van der Waals surface area contributed by atoms with Crippen LogP contribution in [0.3, 0.4) is 0 Å². The third-order valence-corrected chi connectivity index (χ3v) is 13.8. The first-order valence-electron chi connectivity index (χ1n) is 21.7. The SMILES string of the molecule is CC(C)(C)c1ccc(N2c3cc(C(C)(C)C)ccc3B3c4c2cc2c(c4-c4cc(C(C)(C)C)cc5c4N3c3ccc(C(C)(C)C)cc3O5)C(C)(C)c3ccccc3-2)cc1. The molecule has 10 rings (SSSR count). The predicted molar refractivity (Wildman–Crippen MR) is 253 cm³/mol. The lowest BCUT2D eigenvalue weighted by atomic mass is 9.42. The van der Waals surface area contributed by atoms with Crippen molar-refractivity contribution in [3.8, 4) is 33.8 Å². The van der Waals surface area contributed by atoms with Gasteiger partial charge in [0.15, 0.2) is 5.75 Å². The molecule has 6 aromatic carbocycles. The third-order valence-electron chi connectivity index (χ3n) is 13.8. The number of rotatable bonds is 1. The quantitative estimate of drug-likeness (QED) is 0.155. The zero-order valence-corrected chi connectivity index (χ0v) is 37.7. The van der Waals surface area contributed by atoms with E-state index in [1.165, 1.54) is 89.3 Å². The minimum atomic E-state index is -0.224. The second-order valence-electron chi connectivity index (χ2n) is 22.4. The molecule has 4 heteroatoms. The molecule has 1 aliphatic carbocycles. The van der Waals surface area contributed by atoms with Crippen LogP contribution in [-0.4, -0.2) is 6.85 Å². The van der Waals surface area contributed by atoms with Crippen molar-refractivity contribution in [3.63, 3.8) is 0 Å². The molecule has 0 atom stereocenters. The Kier molecular flexibility index (Phi) is 7.71. The lowest BCUT2D eigenvalue weighted by Gasteiger charge is -2.49. The first-order chi connectivity index (χ1) is 27.5. The van der Waals surface area contributed by atoms with Crippen LogP contribution >= 0.6 is 0 Å². The van der Waals surface area contributed by atoms with Crippen molar-refractivity contribution in [3.05, 3.63) is 137 Å². The van der Waals surface area contributed by atoms with Crippen molar-refractivity contribution in [2.75, 3.05) is 9.71 Å². The Bertz CT molecular complexity index is 2760. The van der Waals surface area contributed by atoms with Crippen LogP contribution < -0.4 is 25.4 Å². The number of fused-ring (bicyclic) bond motifs is 10. The van der Waals surface area contributed by atoms with E-state index in [0.717, 1.165) is 17.2 Å². The highest BCUT2D eigenvalue weighted by Crippen LogP contribution is 2.61. The fourth-order valence-corrected chi connectivity index (χ4v) is 10.4. The number of ether oxygens (including phenoxy) is 1. The molecule has 0 saturated heterocycles. The van der Waals surface area contributed by atoms with E-state index in [2.05, 4.69) is 210 Å². The molecule has 6 aromatic rings. The van der Waals surface area contributed by atoms with E-state index in [0.29, 0.717) is 0 Å². The molecular formula is C55H59BN2O. The van der Waals surface area contributed by atoms with E-state index in [9.17, 15) is 0 Å². The van der Waals surface area contributed by atoms with Crippen molar-refractivity contribution in [2.45, 2.75) is 124 Å². The maximum atomic E-state index is 7.21. The summed E-state index contributed by atoms with van der Waals surface area (Å²) in [6.07, 6.45) is 0. The van der Waals surface area contributed by atoms with Crippen LogP contribution in [-0.2, 0) is 27.1 Å². The number of hydrogen-bond acceptors (Lipinski definition) is 3. The monoisotopic (exact) mass is 774 g/mol. The summed E-state index contributed by atoms with van der Waals surface area (Å²) in [5.41, 5.74) is 21.6. The van der Waals surface area contributed by atoms with Crippen molar-refractivity contribution in [2.24, 2.45) is 0 Å². The van der Waals surface area contributed by atoms with Crippen LogP contribution in [0.2, 0.25) is 0 Å². The maximum absolute atomic E-state index is 7.21. The van der Waals surface area contributed by atoms with Gasteiger partial charge in [0.2, 0.25) is 0 Å². The van der Waals surface area contributed by atoms with Crippen LogP contribution in [0.1, 0.15) is 130 Å². The summed E-state index contributed by atoms with van der Waals surface area (Å²) in [5, 5.41) is 0. The van der Waals surface area contributed by atoms with Gasteiger partial charge in [-0.05, 0) is 131 Å². The molecule has 0 unspecified atom stereocenters. The van der Waals surface area contributed by atoms with Gasteiger partial charge in [-0.2, -0.15) is 0 Å². The van der Waals surface area contributed by atoms with Gasteiger partial charge in [-0.1, -0.05) is 152 Å². The largest absolute Gasteiger partial charge is 0.453 e. The van der Waals surface area contributed by atoms with Gasteiger partial charge in [0.25, 0.3) is 0 Å². The summed E-state index contributed by atoms with van der Waals surface area (Å²) in [4.78, 5) is 5.26. The van der Waals surface area contributed by atoms with E-state index in [4.69, 9.17) is 4.74 Å².